The molecule has 1 fully saturated rings. The van der Waals surface area contributed by atoms with E-state index in [4.69, 9.17) is 5.11 Å². The Labute approximate surface area is 133 Å². The standard InChI is InChI=1S/C15H19N5O3/c1-10(2)20-8-13(17-18-20)15(23)4-6-19(9-15)11-3-5-16-12(7-11)14(21)22/h3,5,7-8,10,23H,4,6,9H2,1-2H3,(H,21,22). The number of aromatic carboxylic acids is 1. The molecule has 122 valence electrons. The molecule has 0 aromatic carbocycles. The summed E-state index contributed by atoms with van der Waals surface area (Å²) < 4.78 is 1.71. The van der Waals surface area contributed by atoms with E-state index in [1.54, 1.807) is 16.9 Å². The van der Waals surface area contributed by atoms with E-state index >= 15 is 0 Å². The van der Waals surface area contributed by atoms with Crippen LogP contribution in [-0.2, 0) is 5.60 Å². The number of rotatable bonds is 4. The normalized spacial score (nSPS) is 21.1. The summed E-state index contributed by atoms with van der Waals surface area (Å²) in [5.74, 6) is -1.07. The molecular weight excluding hydrogens is 298 g/mol. The number of carboxylic acid groups (broad SMARTS) is 1. The molecule has 1 aliphatic rings. The second kappa shape index (κ2) is 5.62. The van der Waals surface area contributed by atoms with Crippen molar-refractivity contribution in [1.82, 2.24) is 20.0 Å². The summed E-state index contributed by atoms with van der Waals surface area (Å²) in [6.45, 7) is 4.93. The lowest BCUT2D eigenvalue weighted by atomic mass is 10.00. The van der Waals surface area contributed by atoms with Crippen molar-refractivity contribution in [2.75, 3.05) is 18.0 Å². The van der Waals surface area contributed by atoms with Crippen LogP contribution in [0.3, 0.4) is 0 Å². The summed E-state index contributed by atoms with van der Waals surface area (Å²) in [6, 6.07) is 3.43. The van der Waals surface area contributed by atoms with Gasteiger partial charge in [-0.05, 0) is 26.0 Å². The topological polar surface area (TPSA) is 104 Å². The quantitative estimate of drug-likeness (QED) is 0.868. The summed E-state index contributed by atoms with van der Waals surface area (Å²) in [4.78, 5) is 16.8. The van der Waals surface area contributed by atoms with E-state index in [1.807, 2.05) is 18.7 Å². The molecule has 0 aliphatic carbocycles. The zero-order valence-corrected chi connectivity index (χ0v) is 13.0. The van der Waals surface area contributed by atoms with Crippen LogP contribution in [0.1, 0.15) is 42.5 Å². The van der Waals surface area contributed by atoms with Gasteiger partial charge in [0.2, 0.25) is 0 Å². The van der Waals surface area contributed by atoms with Crippen LogP contribution in [-0.4, -0.2) is 49.2 Å². The van der Waals surface area contributed by atoms with E-state index in [0.29, 0.717) is 25.2 Å². The fraction of sp³-hybridized carbons (Fsp3) is 0.467. The van der Waals surface area contributed by atoms with E-state index in [9.17, 15) is 9.90 Å². The maximum absolute atomic E-state index is 11.0. The maximum Gasteiger partial charge on any atom is 0.354 e. The van der Waals surface area contributed by atoms with Crippen molar-refractivity contribution >= 4 is 11.7 Å². The van der Waals surface area contributed by atoms with E-state index in [1.165, 1.54) is 12.3 Å². The third-order valence-corrected chi connectivity index (χ3v) is 4.09. The summed E-state index contributed by atoms with van der Waals surface area (Å²) in [7, 11) is 0. The lowest BCUT2D eigenvalue weighted by Crippen LogP contribution is -2.31. The average molecular weight is 317 g/mol. The largest absolute Gasteiger partial charge is 0.477 e. The molecule has 2 N–H and O–H groups in total. The fourth-order valence-corrected chi connectivity index (χ4v) is 2.70. The third-order valence-electron chi connectivity index (χ3n) is 4.09. The number of carbonyl (C=O) groups is 1. The molecule has 8 heteroatoms. The summed E-state index contributed by atoms with van der Waals surface area (Å²) in [6.07, 6.45) is 3.74. The number of hydrogen-bond donors (Lipinski definition) is 2. The average Bonchev–Trinajstić information content (AvgIpc) is 3.15. The van der Waals surface area contributed by atoms with Crippen molar-refractivity contribution in [3.8, 4) is 0 Å². The Bertz CT molecular complexity index is 729. The molecule has 23 heavy (non-hydrogen) atoms. The molecule has 1 aliphatic heterocycles. The molecular formula is C15H19N5O3. The molecule has 3 heterocycles. The van der Waals surface area contributed by atoms with Crippen LogP contribution in [0, 0.1) is 0 Å². The molecule has 2 aromatic rings. The molecule has 8 nitrogen and oxygen atoms in total. The van der Waals surface area contributed by atoms with E-state index in [2.05, 4.69) is 15.3 Å². The van der Waals surface area contributed by atoms with Gasteiger partial charge in [0.25, 0.3) is 0 Å². The highest BCUT2D eigenvalue weighted by atomic mass is 16.4. The lowest BCUT2D eigenvalue weighted by molar-refractivity contribution is 0.0559. The molecule has 0 bridgehead atoms. The number of β-amino-alcohol motifs (C(OH)–C–C–N with tert-alkyl or cyclic N) is 1. The van der Waals surface area contributed by atoms with Gasteiger partial charge in [0, 0.05) is 30.9 Å². The number of aromatic nitrogens is 4. The van der Waals surface area contributed by atoms with Gasteiger partial charge in [0.05, 0.1) is 12.7 Å². The van der Waals surface area contributed by atoms with Gasteiger partial charge >= 0.3 is 5.97 Å². The van der Waals surface area contributed by atoms with Crippen LogP contribution in [0.4, 0.5) is 5.69 Å². The number of carboxylic acids is 1. The van der Waals surface area contributed by atoms with Crippen LogP contribution < -0.4 is 4.90 Å². The molecule has 1 unspecified atom stereocenters. The van der Waals surface area contributed by atoms with Crippen LogP contribution >= 0.6 is 0 Å². The first-order chi connectivity index (χ1) is 10.9. The molecule has 1 atom stereocenters. The van der Waals surface area contributed by atoms with Gasteiger partial charge in [-0.2, -0.15) is 0 Å². The van der Waals surface area contributed by atoms with Crippen molar-refractivity contribution < 1.29 is 15.0 Å². The monoisotopic (exact) mass is 317 g/mol. The Balaban J connectivity index is 1.81. The van der Waals surface area contributed by atoms with Gasteiger partial charge in [-0.25, -0.2) is 14.5 Å². The fourth-order valence-electron chi connectivity index (χ4n) is 2.70. The highest BCUT2D eigenvalue weighted by molar-refractivity contribution is 5.86. The second-order valence-electron chi connectivity index (χ2n) is 6.09. The van der Waals surface area contributed by atoms with Crippen molar-refractivity contribution in [1.29, 1.82) is 0 Å². The number of aliphatic hydroxyl groups is 1. The minimum Gasteiger partial charge on any atom is -0.477 e. The number of nitrogens with zero attached hydrogens (tertiary/aromatic N) is 5. The Morgan fingerprint density at radius 1 is 1.43 bits per heavy atom. The van der Waals surface area contributed by atoms with Gasteiger partial charge in [0.1, 0.15) is 17.0 Å². The zero-order chi connectivity index (χ0) is 16.6. The van der Waals surface area contributed by atoms with Crippen molar-refractivity contribution in [2.24, 2.45) is 0 Å². The second-order valence-corrected chi connectivity index (χ2v) is 6.09. The molecule has 1 saturated heterocycles. The first-order valence-corrected chi connectivity index (χ1v) is 7.48. The van der Waals surface area contributed by atoms with Gasteiger partial charge in [-0.15, -0.1) is 5.10 Å². The zero-order valence-electron chi connectivity index (χ0n) is 13.0. The van der Waals surface area contributed by atoms with Crippen LogP contribution in [0.25, 0.3) is 0 Å². The Kier molecular flexibility index (Phi) is 3.77. The highest BCUT2D eigenvalue weighted by Gasteiger charge is 2.40. The number of anilines is 1. The third kappa shape index (κ3) is 2.89. The number of pyridine rings is 1. The number of hydrogen-bond acceptors (Lipinski definition) is 6. The van der Waals surface area contributed by atoms with Gasteiger partial charge in [-0.1, -0.05) is 5.21 Å². The first-order valence-electron chi connectivity index (χ1n) is 7.48. The summed E-state index contributed by atoms with van der Waals surface area (Å²) >= 11 is 0. The van der Waals surface area contributed by atoms with Crippen molar-refractivity contribution in [2.45, 2.75) is 31.9 Å². The molecule has 0 radical (unpaired) electrons. The van der Waals surface area contributed by atoms with Crippen LogP contribution in [0.2, 0.25) is 0 Å². The Morgan fingerprint density at radius 2 is 2.22 bits per heavy atom. The first kappa shape index (κ1) is 15.4. The predicted octanol–water partition coefficient (Wildman–Crippen LogP) is 1.05. The van der Waals surface area contributed by atoms with E-state index < -0.39 is 11.6 Å². The smallest absolute Gasteiger partial charge is 0.354 e. The maximum atomic E-state index is 11.0. The van der Waals surface area contributed by atoms with Gasteiger partial charge < -0.3 is 15.1 Å². The highest BCUT2D eigenvalue weighted by Crippen LogP contribution is 2.33. The SMILES string of the molecule is CC(C)n1cc(C2(O)CCN(c3ccnc(C(=O)O)c3)C2)nn1. The van der Waals surface area contributed by atoms with Crippen LogP contribution in [0.15, 0.2) is 24.5 Å². The van der Waals surface area contributed by atoms with Crippen LogP contribution in [0.5, 0.6) is 0 Å². The summed E-state index contributed by atoms with van der Waals surface area (Å²) in [5.41, 5.74) is 0.175. The molecule has 0 saturated carbocycles. The van der Waals surface area contributed by atoms with Crippen molar-refractivity contribution in [3.63, 3.8) is 0 Å². The van der Waals surface area contributed by atoms with Crippen molar-refractivity contribution in [3.05, 3.63) is 35.9 Å². The Hall–Kier alpha value is -2.48. The minimum absolute atomic E-state index is 0.0105. The molecule has 0 amide bonds. The van der Waals surface area contributed by atoms with E-state index in [-0.39, 0.29) is 11.7 Å². The van der Waals surface area contributed by atoms with E-state index in [0.717, 1.165) is 5.69 Å². The predicted molar refractivity (Wildman–Crippen MR) is 82.3 cm³/mol. The Morgan fingerprint density at radius 3 is 2.87 bits per heavy atom. The minimum atomic E-state index is -1.08. The summed E-state index contributed by atoms with van der Waals surface area (Å²) in [5, 5.41) is 28.1. The molecule has 3 rings (SSSR count). The van der Waals surface area contributed by atoms with Gasteiger partial charge in [-0.3, -0.25) is 0 Å². The lowest BCUT2D eigenvalue weighted by Gasteiger charge is -2.22. The van der Waals surface area contributed by atoms with Gasteiger partial charge in [0.15, 0.2) is 0 Å². The molecule has 2 aromatic heterocycles. The molecule has 0 spiro atoms.